The zero-order chi connectivity index (χ0) is 11.7. The van der Waals surface area contributed by atoms with Crippen LogP contribution in [0.5, 0.6) is 11.5 Å². The summed E-state index contributed by atoms with van der Waals surface area (Å²) in [5.74, 6) is 1.26. The second-order valence-electron chi connectivity index (χ2n) is 3.66. The standard InChI is InChI=1S/C12H14O4/c1-7-9(14-2)5-4-8(12(7)15-3)11(13)10-6-16-10/h4-5,10H,6H2,1-3H3. The molecule has 1 aliphatic rings. The quantitative estimate of drug-likeness (QED) is 0.573. The van der Waals surface area contributed by atoms with Gasteiger partial charge in [0.05, 0.1) is 26.4 Å². The minimum Gasteiger partial charge on any atom is -0.496 e. The summed E-state index contributed by atoms with van der Waals surface area (Å²) >= 11 is 0. The number of carbonyl (C=O) groups is 1. The molecular formula is C12H14O4. The van der Waals surface area contributed by atoms with Gasteiger partial charge in [-0.2, -0.15) is 0 Å². The van der Waals surface area contributed by atoms with Crippen LogP contribution in [0.15, 0.2) is 12.1 Å². The first-order valence-electron chi connectivity index (χ1n) is 5.06. The highest BCUT2D eigenvalue weighted by Gasteiger charge is 2.34. The summed E-state index contributed by atoms with van der Waals surface area (Å²) in [4.78, 5) is 11.9. The van der Waals surface area contributed by atoms with Gasteiger partial charge in [-0.3, -0.25) is 4.79 Å². The lowest BCUT2D eigenvalue weighted by molar-refractivity contribution is 0.0950. The van der Waals surface area contributed by atoms with E-state index in [1.165, 1.54) is 0 Å². The van der Waals surface area contributed by atoms with Gasteiger partial charge >= 0.3 is 0 Å². The molecule has 1 aromatic rings. The minimum atomic E-state index is -0.290. The largest absolute Gasteiger partial charge is 0.496 e. The van der Waals surface area contributed by atoms with Gasteiger partial charge in [0.25, 0.3) is 0 Å². The molecule has 0 spiro atoms. The number of Topliss-reactive ketones (excluding diaryl/α,β-unsaturated/α-hetero) is 1. The van der Waals surface area contributed by atoms with Gasteiger partial charge < -0.3 is 14.2 Å². The van der Waals surface area contributed by atoms with Crippen LogP contribution in [0.3, 0.4) is 0 Å². The van der Waals surface area contributed by atoms with E-state index in [4.69, 9.17) is 14.2 Å². The van der Waals surface area contributed by atoms with E-state index in [0.717, 1.165) is 5.56 Å². The van der Waals surface area contributed by atoms with Gasteiger partial charge in [-0.15, -0.1) is 0 Å². The first-order valence-corrected chi connectivity index (χ1v) is 5.06. The summed E-state index contributed by atoms with van der Waals surface area (Å²) in [6.07, 6.45) is -0.290. The van der Waals surface area contributed by atoms with Crippen LogP contribution in [-0.4, -0.2) is 32.7 Å². The molecule has 0 aromatic heterocycles. The van der Waals surface area contributed by atoms with Crippen molar-refractivity contribution in [2.24, 2.45) is 0 Å². The van der Waals surface area contributed by atoms with Crippen molar-refractivity contribution in [2.75, 3.05) is 20.8 Å². The molecule has 0 N–H and O–H groups in total. The Labute approximate surface area is 94.1 Å². The molecule has 1 aliphatic heterocycles. The van der Waals surface area contributed by atoms with E-state index in [9.17, 15) is 4.79 Å². The summed E-state index contributed by atoms with van der Waals surface area (Å²) in [6.45, 7) is 2.37. The van der Waals surface area contributed by atoms with Crippen LogP contribution >= 0.6 is 0 Å². The number of epoxide rings is 1. The molecule has 0 saturated carbocycles. The molecule has 16 heavy (non-hydrogen) atoms. The van der Waals surface area contributed by atoms with Gasteiger partial charge in [0.1, 0.15) is 17.6 Å². The highest BCUT2D eigenvalue weighted by Crippen LogP contribution is 2.33. The number of ether oxygens (including phenoxy) is 3. The number of hydrogen-bond acceptors (Lipinski definition) is 4. The predicted molar refractivity (Wildman–Crippen MR) is 58.4 cm³/mol. The third-order valence-electron chi connectivity index (χ3n) is 2.67. The molecule has 1 atom stereocenters. The summed E-state index contributed by atoms with van der Waals surface area (Å²) in [5, 5.41) is 0. The van der Waals surface area contributed by atoms with E-state index in [1.54, 1.807) is 26.4 Å². The number of ketones is 1. The van der Waals surface area contributed by atoms with Gasteiger partial charge in [0.2, 0.25) is 0 Å². The average molecular weight is 222 g/mol. The Kier molecular flexibility index (Phi) is 2.83. The topological polar surface area (TPSA) is 48.1 Å². The highest BCUT2D eigenvalue weighted by molar-refractivity contribution is 6.03. The van der Waals surface area contributed by atoms with Crippen molar-refractivity contribution >= 4 is 5.78 Å². The summed E-state index contributed by atoms with van der Waals surface area (Å²) in [5.41, 5.74) is 1.39. The summed E-state index contributed by atoms with van der Waals surface area (Å²) in [7, 11) is 3.14. The molecule has 2 rings (SSSR count). The monoisotopic (exact) mass is 222 g/mol. The Morgan fingerprint density at radius 2 is 2.06 bits per heavy atom. The van der Waals surface area contributed by atoms with E-state index >= 15 is 0 Å². The molecule has 86 valence electrons. The molecule has 1 fully saturated rings. The summed E-state index contributed by atoms with van der Waals surface area (Å²) < 4.78 is 15.4. The maximum Gasteiger partial charge on any atom is 0.197 e. The van der Waals surface area contributed by atoms with Crippen LogP contribution in [0, 0.1) is 6.92 Å². The fourth-order valence-corrected chi connectivity index (χ4v) is 1.72. The molecule has 0 radical (unpaired) electrons. The molecule has 0 aliphatic carbocycles. The maximum atomic E-state index is 11.9. The smallest absolute Gasteiger partial charge is 0.197 e. The van der Waals surface area contributed by atoms with Crippen molar-refractivity contribution in [3.8, 4) is 11.5 Å². The van der Waals surface area contributed by atoms with Gasteiger partial charge in [-0.1, -0.05) is 0 Å². The normalized spacial score (nSPS) is 18.1. The van der Waals surface area contributed by atoms with Crippen LogP contribution < -0.4 is 9.47 Å². The zero-order valence-corrected chi connectivity index (χ0v) is 9.57. The Bertz CT molecular complexity index is 421. The molecular weight excluding hydrogens is 208 g/mol. The first kappa shape index (κ1) is 11.0. The zero-order valence-electron chi connectivity index (χ0n) is 9.57. The lowest BCUT2D eigenvalue weighted by Gasteiger charge is -2.12. The van der Waals surface area contributed by atoms with Gasteiger partial charge in [0, 0.05) is 5.56 Å². The number of carbonyl (C=O) groups excluding carboxylic acids is 1. The minimum absolute atomic E-state index is 0.0254. The Morgan fingerprint density at radius 3 is 2.56 bits per heavy atom. The second kappa shape index (κ2) is 4.14. The van der Waals surface area contributed by atoms with Crippen molar-refractivity contribution in [1.82, 2.24) is 0 Å². The SMILES string of the molecule is COc1ccc(C(=O)C2CO2)c(OC)c1C. The molecule has 4 heteroatoms. The maximum absolute atomic E-state index is 11.9. The molecule has 1 aromatic carbocycles. The molecule has 1 saturated heterocycles. The van der Waals surface area contributed by atoms with Crippen LogP contribution in [0.2, 0.25) is 0 Å². The van der Waals surface area contributed by atoms with Crippen LogP contribution in [0.1, 0.15) is 15.9 Å². The molecule has 1 unspecified atom stereocenters. The lowest BCUT2D eigenvalue weighted by Crippen LogP contribution is -2.10. The van der Waals surface area contributed by atoms with E-state index in [1.807, 2.05) is 6.92 Å². The summed E-state index contributed by atoms with van der Waals surface area (Å²) in [6, 6.07) is 3.49. The average Bonchev–Trinajstić information content (AvgIpc) is 3.11. The molecule has 4 nitrogen and oxygen atoms in total. The van der Waals surface area contributed by atoms with Crippen molar-refractivity contribution in [3.05, 3.63) is 23.3 Å². The van der Waals surface area contributed by atoms with Crippen molar-refractivity contribution < 1.29 is 19.0 Å². The van der Waals surface area contributed by atoms with Crippen LogP contribution in [0.4, 0.5) is 0 Å². The number of methoxy groups -OCH3 is 2. The Morgan fingerprint density at radius 1 is 1.38 bits per heavy atom. The number of rotatable bonds is 4. The predicted octanol–water partition coefficient (Wildman–Crippen LogP) is 1.59. The lowest BCUT2D eigenvalue weighted by atomic mass is 10.0. The van der Waals surface area contributed by atoms with Crippen LogP contribution in [-0.2, 0) is 4.74 Å². The van der Waals surface area contributed by atoms with Gasteiger partial charge in [-0.25, -0.2) is 0 Å². The van der Waals surface area contributed by atoms with E-state index < -0.39 is 0 Å². The number of hydrogen-bond donors (Lipinski definition) is 0. The third kappa shape index (κ3) is 1.76. The molecule has 0 bridgehead atoms. The van der Waals surface area contributed by atoms with Crippen molar-refractivity contribution in [1.29, 1.82) is 0 Å². The number of benzene rings is 1. The Hall–Kier alpha value is -1.55. The van der Waals surface area contributed by atoms with Crippen molar-refractivity contribution in [2.45, 2.75) is 13.0 Å². The van der Waals surface area contributed by atoms with E-state index in [0.29, 0.717) is 23.7 Å². The fraction of sp³-hybridized carbons (Fsp3) is 0.417. The van der Waals surface area contributed by atoms with Crippen LogP contribution in [0.25, 0.3) is 0 Å². The molecule has 1 heterocycles. The van der Waals surface area contributed by atoms with Gasteiger partial charge in [-0.05, 0) is 19.1 Å². The van der Waals surface area contributed by atoms with E-state index in [2.05, 4.69) is 0 Å². The van der Waals surface area contributed by atoms with Gasteiger partial charge in [0.15, 0.2) is 5.78 Å². The first-order chi connectivity index (χ1) is 7.69. The van der Waals surface area contributed by atoms with Crippen molar-refractivity contribution in [3.63, 3.8) is 0 Å². The third-order valence-corrected chi connectivity index (χ3v) is 2.67. The second-order valence-corrected chi connectivity index (χ2v) is 3.66. The fourth-order valence-electron chi connectivity index (χ4n) is 1.72. The Balaban J connectivity index is 2.44. The molecule has 0 amide bonds. The highest BCUT2D eigenvalue weighted by atomic mass is 16.6. The van der Waals surface area contributed by atoms with E-state index in [-0.39, 0.29) is 11.9 Å².